The quantitative estimate of drug-likeness (QED) is 0.722. The SMILES string of the molecule is CCC=CCNc1cccc(-c2ccnc3ccnn23)c1. The standard InChI is InChI=1S/C17H18N4/c1-2-3-4-10-18-15-7-5-6-14(13-15)16-8-11-19-17-9-12-20-21(16)17/h3-9,11-13,18H,2,10H2,1H3. The van der Waals surface area contributed by atoms with Crippen LogP contribution in [0.3, 0.4) is 0 Å². The smallest absolute Gasteiger partial charge is 0.155 e. The largest absolute Gasteiger partial charge is 0.382 e. The van der Waals surface area contributed by atoms with E-state index in [4.69, 9.17) is 0 Å². The average Bonchev–Trinajstić information content (AvgIpc) is 3.00. The van der Waals surface area contributed by atoms with Crippen molar-refractivity contribution in [2.45, 2.75) is 13.3 Å². The third kappa shape index (κ3) is 2.94. The predicted molar refractivity (Wildman–Crippen MR) is 86.3 cm³/mol. The second-order valence-corrected chi connectivity index (χ2v) is 4.77. The van der Waals surface area contributed by atoms with E-state index in [9.17, 15) is 0 Å². The van der Waals surface area contributed by atoms with Crippen molar-refractivity contribution in [3.8, 4) is 11.3 Å². The highest BCUT2D eigenvalue weighted by molar-refractivity contribution is 5.67. The normalized spacial score (nSPS) is 11.3. The summed E-state index contributed by atoms with van der Waals surface area (Å²) in [4.78, 5) is 4.30. The monoisotopic (exact) mass is 278 g/mol. The lowest BCUT2D eigenvalue weighted by Crippen LogP contribution is -1.99. The van der Waals surface area contributed by atoms with E-state index in [1.165, 1.54) is 0 Å². The van der Waals surface area contributed by atoms with Crippen LogP contribution in [0.4, 0.5) is 5.69 Å². The van der Waals surface area contributed by atoms with Gasteiger partial charge in [-0.2, -0.15) is 5.10 Å². The highest BCUT2D eigenvalue weighted by Gasteiger charge is 2.05. The number of anilines is 1. The van der Waals surface area contributed by atoms with Gasteiger partial charge in [0.1, 0.15) is 0 Å². The van der Waals surface area contributed by atoms with Crippen LogP contribution in [0.25, 0.3) is 16.9 Å². The van der Waals surface area contributed by atoms with Crippen LogP contribution in [0.2, 0.25) is 0 Å². The fourth-order valence-corrected chi connectivity index (χ4v) is 2.27. The Kier molecular flexibility index (Phi) is 3.96. The molecular formula is C17H18N4. The third-order valence-electron chi connectivity index (χ3n) is 3.27. The molecule has 21 heavy (non-hydrogen) atoms. The zero-order chi connectivity index (χ0) is 14.5. The van der Waals surface area contributed by atoms with Gasteiger partial charge in [-0.25, -0.2) is 9.50 Å². The fraction of sp³-hybridized carbons (Fsp3) is 0.176. The van der Waals surface area contributed by atoms with Crippen LogP contribution in [0.15, 0.2) is 60.9 Å². The van der Waals surface area contributed by atoms with Gasteiger partial charge in [0.2, 0.25) is 0 Å². The zero-order valence-electron chi connectivity index (χ0n) is 12.0. The molecule has 3 aromatic rings. The van der Waals surface area contributed by atoms with E-state index in [0.717, 1.165) is 35.6 Å². The average molecular weight is 278 g/mol. The summed E-state index contributed by atoms with van der Waals surface area (Å²) in [6.45, 7) is 2.97. The van der Waals surface area contributed by atoms with Gasteiger partial charge in [-0.1, -0.05) is 31.2 Å². The molecule has 0 aliphatic rings. The second-order valence-electron chi connectivity index (χ2n) is 4.77. The van der Waals surface area contributed by atoms with Gasteiger partial charge < -0.3 is 5.32 Å². The summed E-state index contributed by atoms with van der Waals surface area (Å²) in [5.41, 5.74) is 4.12. The molecular weight excluding hydrogens is 260 g/mol. The Labute approximate surface area is 124 Å². The molecule has 106 valence electrons. The number of allylic oxidation sites excluding steroid dienone is 1. The van der Waals surface area contributed by atoms with Crippen LogP contribution in [-0.4, -0.2) is 21.1 Å². The van der Waals surface area contributed by atoms with Crippen LogP contribution >= 0.6 is 0 Å². The highest BCUT2D eigenvalue weighted by atomic mass is 15.2. The summed E-state index contributed by atoms with van der Waals surface area (Å²) in [6.07, 6.45) is 8.95. The van der Waals surface area contributed by atoms with Crippen LogP contribution in [0.1, 0.15) is 13.3 Å². The minimum atomic E-state index is 0.838. The van der Waals surface area contributed by atoms with Gasteiger partial charge in [0.15, 0.2) is 5.65 Å². The van der Waals surface area contributed by atoms with E-state index >= 15 is 0 Å². The highest BCUT2D eigenvalue weighted by Crippen LogP contribution is 2.22. The molecule has 0 saturated heterocycles. The van der Waals surface area contributed by atoms with Gasteiger partial charge in [-0.3, -0.25) is 0 Å². The Balaban J connectivity index is 1.89. The van der Waals surface area contributed by atoms with E-state index in [2.05, 4.69) is 58.7 Å². The lowest BCUT2D eigenvalue weighted by molar-refractivity contribution is 0.948. The topological polar surface area (TPSA) is 42.2 Å². The van der Waals surface area contributed by atoms with Gasteiger partial charge in [0, 0.05) is 30.1 Å². The van der Waals surface area contributed by atoms with Crippen molar-refractivity contribution in [2.24, 2.45) is 0 Å². The number of nitrogens with zero attached hydrogens (tertiary/aromatic N) is 3. The molecule has 0 spiro atoms. The molecule has 0 atom stereocenters. The summed E-state index contributed by atoms with van der Waals surface area (Å²) < 4.78 is 1.86. The van der Waals surface area contributed by atoms with Crippen LogP contribution < -0.4 is 5.32 Å². The molecule has 4 nitrogen and oxygen atoms in total. The minimum absolute atomic E-state index is 0.838. The van der Waals surface area contributed by atoms with Crippen molar-refractivity contribution in [2.75, 3.05) is 11.9 Å². The minimum Gasteiger partial charge on any atom is -0.382 e. The maximum absolute atomic E-state index is 4.33. The van der Waals surface area contributed by atoms with Gasteiger partial charge in [-0.15, -0.1) is 0 Å². The maximum atomic E-state index is 4.33. The molecule has 0 aliphatic carbocycles. The summed E-state index contributed by atoms with van der Waals surface area (Å²) >= 11 is 0. The predicted octanol–water partition coefficient (Wildman–Crippen LogP) is 3.77. The van der Waals surface area contributed by atoms with Crippen molar-refractivity contribution < 1.29 is 0 Å². The van der Waals surface area contributed by atoms with E-state index in [1.807, 2.05) is 22.8 Å². The van der Waals surface area contributed by atoms with E-state index in [-0.39, 0.29) is 0 Å². The number of hydrogen-bond acceptors (Lipinski definition) is 3. The van der Waals surface area contributed by atoms with E-state index in [1.54, 1.807) is 6.20 Å². The van der Waals surface area contributed by atoms with Crippen molar-refractivity contribution in [3.05, 3.63) is 60.9 Å². The molecule has 2 heterocycles. The van der Waals surface area contributed by atoms with Gasteiger partial charge in [0.25, 0.3) is 0 Å². The second kappa shape index (κ2) is 6.22. The van der Waals surface area contributed by atoms with Crippen molar-refractivity contribution in [1.29, 1.82) is 0 Å². The Morgan fingerprint density at radius 1 is 1.14 bits per heavy atom. The molecule has 1 aromatic carbocycles. The lowest BCUT2D eigenvalue weighted by atomic mass is 10.1. The number of hydrogen-bond donors (Lipinski definition) is 1. The molecule has 0 fully saturated rings. The van der Waals surface area contributed by atoms with Gasteiger partial charge in [-0.05, 0) is 24.6 Å². The fourth-order valence-electron chi connectivity index (χ4n) is 2.27. The number of rotatable bonds is 5. The Hall–Kier alpha value is -2.62. The summed E-state index contributed by atoms with van der Waals surface area (Å²) in [5, 5.41) is 7.73. The first-order valence-electron chi connectivity index (χ1n) is 7.16. The Morgan fingerprint density at radius 3 is 3.00 bits per heavy atom. The molecule has 0 amide bonds. The first-order valence-corrected chi connectivity index (χ1v) is 7.16. The molecule has 0 aliphatic heterocycles. The molecule has 1 N–H and O–H groups in total. The number of nitrogens with one attached hydrogen (secondary N) is 1. The van der Waals surface area contributed by atoms with Crippen molar-refractivity contribution >= 4 is 11.3 Å². The van der Waals surface area contributed by atoms with Crippen LogP contribution in [0, 0.1) is 0 Å². The first kappa shape index (κ1) is 13.4. The zero-order valence-corrected chi connectivity index (χ0v) is 12.0. The Morgan fingerprint density at radius 2 is 2.10 bits per heavy atom. The number of benzene rings is 1. The molecule has 2 aromatic heterocycles. The van der Waals surface area contributed by atoms with Crippen LogP contribution in [-0.2, 0) is 0 Å². The molecule has 0 radical (unpaired) electrons. The summed E-state index contributed by atoms with van der Waals surface area (Å²) in [7, 11) is 0. The van der Waals surface area contributed by atoms with Crippen LogP contribution in [0.5, 0.6) is 0 Å². The molecule has 4 heteroatoms. The van der Waals surface area contributed by atoms with Crippen molar-refractivity contribution in [1.82, 2.24) is 14.6 Å². The molecule has 0 unspecified atom stereocenters. The van der Waals surface area contributed by atoms with E-state index in [0.29, 0.717) is 0 Å². The summed E-state index contributed by atoms with van der Waals surface area (Å²) in [5.74, 6) is 0. The molecule has 0 saturated carbocycles. The number of fused-ring (bicyclic) bond motifs is 1. The molecule has 3 rings (SSSR count). The molecule has 0 bridgehead atoms. The number of aromatic nitrogens is 3. The van der Waals surface area contributed by atoms with Gasteiger partial charge >= 0.3 is 0 Å². The third-order valence-corrected chi connectivity index (χ3v) is 3.27. The van der Waals surface area contributed by atoms with Crippen molar-refractivity contribution in [3.63, 3.8) is 0 Å². The van der Waals surface area contributed by atoms with Gasteiger partial charge in [0.05, 0.1) is 11.9 Å². The Bertz CT molecular complexity index is 758. The maximum Gasteiger partial charge on any atom is 0.155 e. The van der Waals surface area contributed by atoms with E-state index < -0.39 is 0 Å². The first-order chi connectivity index (χ1) is 10.4. The summed E-state index contributed by atoms with van der Waals surface area (Å²) in [6, 6.07) is 12.2. The lowest BCUT2D eigenvalue weighted by Gasteiger charge is -2.08.